The summed E-state index contributed by atoms with van der Waals surface area (Å²) in [5.74, 6) is 0.429. The van der Waals surface area contributed by atoms with Crippen LogP contribution in [-0.2, 0) is 4.74 Å². The van der Waals surface area contributed by atoms with Gasteiger partial charge in [-0.3, -0.25) is 4.79 Å². The summed E-state index contributed by atoms with van der Waals surface area (Å²) in [6.07, 6.45) is 0.508. The number of nitrogens with zero attached hydrogens (tertiary/aromatic N) is 2. The van der Waals surface area contributed by atoms with Crippen LogP contribution in [0.2, 0.25) is 5.02 Å². The molecule has 0 radical (unpaired) electrons. The predicted octanol–water partition coefficient (Wildman–Crippen LogP) is 4.52. The number of hydrogen-bond acceptors (Lipinski definition) is 4. The van der Waals surface area contributed by atoms with Crippen LogP contribution in [0.5, 0.6) is 5.75 Å². The second-order valence-corrected chi connectivity index (χ2v) is 8.23. The fourth-order valence-corrected chi connectivity index (χ4v) is 3.85. The van der Waals surface area contributed by atoms with Gasteiger partial charge in [-0.2, -0.15) is 0 Å². The highest BCUT2D eigenvalue weighted by Gasteiger charge is 2.30. The van der Waals surface area contributed by atoms with Gasteiger partial charge < -0.3 is 24.6 Å². The first kappa shape index (κ1) is 23.9. The molecule has 1 saturated heterocycles. The van der Waals surface area contributed by atoms with E-state index >= 15 is 0 Å². The average Bonchev–Trinajstić information content (AvgIpc) is 2.81. The summed E-state index contributed by atoms with van der Waals surface area (Å²) in [6, 6.07) is 14.0. The Morgan fingerprint density at radius 1 is 1.28 bits per heavy atom. The van der Waals surface area contributed by atoms with Crippen molar-refractivity contribution in [1.82, 2.24) is 9.80 Å². The van der Waals surface area contributed by atoms with Crippen molar-refractivity contribution in [1.29, 1.82) is 0 Å². The number of para-hydroxylation sites is 1. The Hall–Kier alpha value is -2.77. The van der Waals surface area contributed by atoms with Gasteiger partial charge in [0.15, 0.2) is 0 Å². The number of anilines is 1. The Morgan fingerprint density at radius 3 is 2.78 bits per heavy atom. The number of benzene rings is 2. The fraction of sp³-hybridized carbons (Fsp3) is 0.417. The van der Waals surface area contributed by atoms with Crippen molar-refractivity contribution in [2.75, 3.05) is 38.7 Å². The van der Waals surface area contributed by atoms with Gasteiger partial charge in [0, 0.05) is 29.8 Å². The van der Waals surface area contributed by atoms with E-state index in [9.17, 15) is 9.59 Å². The van der Waals surface area contributed by atoms with E-state index in [2.05, 4.69) is 5.32 Å². The molecule has 3 amide bonds. The highest BCUT2D eigenvalue weighted by Crippen LogP contribution is 2.22. The number of amides is 3. The first-order chi connectivity index (χ1) is 15.4. The molecule has 7 nitrogen and oxygen atoms in total. The number of methoxy groups -OCH3 is 1. The van der Waals surface area contributed by atoms with Crippen LogP contribution in [0.4, 0.5) is 10.5 Å². The van der Waals surface area contributed by atoms with E-state index in [0.717, 1.165) is 6.42 Å². The lowest BCUT2D eigenvalue weighted by atomic mass is 10.1. The topological polar surface area (TPSA) is 71.1 Å². The molecule has 32 heavy (non-hydrogen) atoms. The molecule has 0 bridgehead atoms. The maximum absolute atomic E-state index is 13.4. The molecule has 172 valence electrons. The van der Waals surface area contributed by atoms with E-state index in [1.165, 1.54) is 0 Å². The smallest absolute Gasteiger partial charge is 0.322 e. The second-order valence-electron chi connectivity index (χ2n) is 7.79. The minimum atomic E-state index is -0.290. The van der Waals surface area contributed by atoms with Crippen LogP contribution in [0.25, 0.3) is 0 Å². The molecule has 8 heteroatoms. The average molecular weight is 460 g/mol. The summed E-state index contributed by atoms with van der Waals surface area (Å²) in [5.41, 5.74) is 1.15. The lowest BCUT2D eigenvalue weighted by Gasteiger charge is -2.37. The molecule has 1 N–H and O–H groups in total. The largest absolute Gasteiger partial charge is 0.496 e. The molecular weight excluding hydrogens is 430 g/mol. The number of carbonyl (C=O) groups is 2. The third-order valence-corrected chi connectivity index (χ3v) is 5.86. The van der Waals surface area contributed by atoms with Crippen molar-refractivity contribution in [3.63, 3.8) is 0 Å². The molecule has 1 aliphatic rings. The molecular formula is C24H30ClN3O4. The van der Waals surface area contributed by atoms with Crippen LogP contribution in [0.1, 0.15) is 30.6 Å². The highest BCUT2D eigenvalue weighted by molar-refractivity contribution is 6.30. The van der Waals surface area contributed by atoms with Gasteiger partial charge in [0.2, 0.25) is 0 Å². The lowest BCUT2D eigenvalue weighted by Crippen LogP contribution is -2.53. The van der Waals surface area contributed by atoms with E-state index in [1.54, 1.807) is 53.3 Å². The minimum absolute atomic E-state index is 0.00618. The van der Waals surface area contributed by atoms with Gasteiger partial charge in [-0.15, -0.1) is 0 Å². The highest BCUT2D eigenvalue weighted by atomic mass is 35.5. The predicted molar refractivity (Wildman–Crippen MR) is 126 cm³/mol. The van der Waals surface area contributed by atoms with Crippen molar-refractivity contribution < 1.29 is 19.1 Å². The van der Waals surface area contributed by atoms with Gasteiger partial charge in [-0.1, -0.05) is 36.7 Å². The Morgan fingerprint density at radius 2 is 2.06 bits per heavy atom. The zero-order chi connectivity index (χ0) is 23.1. The Labute approximate surface area is 194 Å². The van der Waals surface area contributed by atoms with E-state index in [1.807, 2.05) is 26.0 Å². The molecule has 1 aliphatic heterocycles. The van der Waals surface area contributed by atoms with Crippen molar-refractivity contribution in [2.45, 2.75) is 32.4 Å². The Balaban J connectivity index is 1.69. The normalized spacial score (nSPS) is 16.9. The summed E-state index contributed by atoms with van der Waals surface area (Å²) >= 11 is 6.01. The maximum atomic E-state index is 13.4. The fourth-order valence-electron chi connectivity index (χ4n) is 3.66. The lowest BCUT2D eigenvalue weighted by molar-refractivity contribution is -0.0304. The summed E-state index contributed by atoms with van der Waals surface area (Å²) in [4.78, 5) is 29.6. The minimum Gasteiger partial charge on any atom is -0.496 e. The summed E-state index contributed by atoms with van der Waals surface area (Å²) in [7, 11) is 1.56. The summed E-state index contributed by atoms with van der Waals surface area (Å²) in [6.45, 7) is 5.71. The number of ether oxygens (including phenoxy) is 2. The van der Waals surface area contributed by atoms with Gasteiger partial charge in [0.05, 0.1) is 31.9 Å². The van der Waals surface area contributed by atoms with E-state index in [0.29, 0.717) is 48.3 Å². The van der Waals surface area contributed by atoms with E-state index in [4.69, 9.17) is 21.1 Å². The first-order valence-corrected chi connectivity index (χ1v) is 11.2. The molecule has 0 aliphatic carbocycles. The molecule has 1 fully saturated rings. The van der Waals surface area contributed by atoms with Crippen molar-refractivity contribution >= 4 is 29.2 Å². The van der Waals surface area contributed by atoms with Crippen molar-refractivity contribution in [2.24, 2.45) is 0 Å². The van der Waals surface area contributed by atoms with Crippen LogP contribution in [-0.4, -0.2) is 67.2 Å². The molecule has 2 aromatic rings. The molecule has 2 unspecified atom stereocenters. The molecule has 2 atom stereocenters. The standard InChI is InChI=1S/C24H30ClN3O4/c1-4-17(2)28(23(29)21-10-5-6-11-22(21)31-3)16-20-15-27(12-13-32-20)24(30)26-19-9-7-8-18(25)14-19/h5-11,14,17,20H,4,12-13,15-16H2,1-3H3,(H,26,30). The maximum Gasteiger partial charge on any atom is 0.322 e. The number of urea groups is 1. The van der Waals surface area contributed by atoms with Gasteiger partial charge in [0.25, 0.3) is 5.91 Å². The number of nitrogens with one attached hydrogen (secondary N) is 1. The van der Waals surface area contributed by atoms with Gasteiger partial charge >= 0.3 is 6.03 Å². The quantitative estimate of drug-likeness (QED) is 0.660. The zero-order valence-corrected chi connectivity index (χ0v) is 19.5. The van der Waals surface area contributed by atoms with Crippen LogP contribution < -0.4 is 10.1 Å². The third-order valence-electron chi connectivity index (χ3n) is 5.62. The first-order valence-electron chi connectivity index (χ1n) is 10.8. The van der Waals surface area contributed by atoms with Crippen molar-refractivity contribution in [3.8, 4) is 5.75 Å². The molecule has 1 heterocycles. The molecule has 0 spiro atoms. The van der Waals surface area contributed by atoms with Crippen LogP contribution >= 0.6 is 11.6 Å². The monoisotopic (exact) mass is 459 g/mol. The van der Waals surface area contributed by atoms with Crippen LogP contribution in [0, 0.1) is 0 Å². The van der Waals surface area contributed by atoms with Crippen LogP contribution in [0.3, 0.4) is 0 Å². The summed E-state index contributed by atoms with van der Waals surface area (Å²) in [5, 5.41) is 3.43. The molecule has 0 aromatic heterocycles. The van der Waals surface area contributed by atoms with Crippen LogP contribution in [0.15, 0.2) is 48.5 Å². The second kappa shape index (κ2) is 11.2. The number of carbonyl (C=O) groups excluding carboxylic acids is 2. The number of rotatable bonds is 7. The number of halogens is 1. The van der Waals surface area contributed by atoms with Gasteiger partial charge in [0.1, 0.15) is 5.75 Å². The van der Waals surface area contributed by atoms with Crippen molar-refractivity contribution in [3.05, 3.63) is 59.1 Å². The SMILES string of the molecule is CCC(C)N(CC1CN(C(=O)Nc2cccc(Cl)c2)CCO1)C(=O)c1ccccc1OC. The molecule has 3 rings (SSSR count). The molecule has 0 saturated carbocycles. The Kier molecular flexibility index (Phi) is 8.36. The molecule has 2 aromatic carbocycles. The number of morpholine rings is 1. The summed E-state index contributed by atoms with van der Waals surface area (Å²) < 4.78 is 11.3. The number of hydrogen-bond donors (Lipinski definition) is 1. The third kappa shape index (κ3) is 5.93. The van der Waals surface area contributed by atoms with E-state index in [-0.39, 0.29) is 24.1 Å². The zero-order valence-electron chi connectivity index (χ0n) is 18.7. The van der Waals surface area contributed by atoms with E-state index < -0.39 is 0 Å². The van der Waals surface area contributed by atoms with Gasteiger partial charge in [-0.25, -0.2) is 4.79 Å². The van der Waals surface area contributed by atoms with Gasteiger partial charge in [-0.05, 0) is 43.7 Å². The Bertz CT molecular complexity index is 939.